The highest BCUT2D eigenvalue weighted by Crippen LogP contribution is 2.43. The number of carboxylic acid groups (broad SMARTS) is 1. The van der Waals surface area contributed by atoms with Gasteiger partial charge in [-0.2, -0.15) is 0 Å². The normalized spacial score (nSPS) is 16.2. The van der Waals surface area contributed by atoms with Gasteiger partial charge in [0.1, 0.15) is 0 Å². The summed E-state index contributed by atoms with van der Waals surface area (Å²) in [4.78, 5) is 22.9. The summed E-state index contributed by atoms with van der Waals surface area (Å²) in [5.74, 6) is -0.962. The molecule has 1 aromatic rings. The molecule has 5 heteroatoms. The summed E-state index contributed by atoms with van der Waals surface area (Å²) < 4.78 is 0. The van der Waals surface area contributed by atoms with Crippen LogP contribution in [0.25, 0.3) is 0 Å². The van der Waals surface area contributed by atoms with Crippen LogP contribution in [0.5, 0.6) is 0 Å². The monoisotopic (exact) mass is 276 g/mol. The van der Waals surface area contributed by atoms with Crippen molar-refractivity contribution in [2.45, 2.75) is 32.2 Å². The van der Waals surface area contributed by atoms with E-state index in [9.17, 15) is 9.59 Å². The number of carbonyl (C=O) groups is 2. The van der Waals surface area contributed by atoms with Crippen molar-refractivity contribution in [1.82, 2.24) is 5.32 Å². The lowest BCUT2D eigenvalue weighted by Gasteiger charge is -2.40. The maximum absolute atomic E-state index is 12.0. The largest absolute Gasteiger partial charge is 0.481 e. The summed E-state index contributed by atoms with van der Waals surface area (Å²) >= 11 is 0. The molecule has 0 aromatic heterocycles. The molecule has 4 N–H and O–H groups in total. The molecule has 0 atom stereocenters. The van der Waals surface area contributed by atoms with Gasteiger partial charge in [0.2, 0.25) is 0 Å². The van der Waals surface area contributed by atoms with E-state index >= 15 is 0 Å². The topological polar surface area (TPSA) is 92.4 Å². The number of hydrogen-bond donors (Lipinski definition) is 3. The molecular formula is C15H20N2O3. The third-order valence-corrected chi connectivity index (χ3v) is 4.02. The van der Waals surface area contributed by atoms with Crippen molar-refractivity contribution in [1.29, 1.82) is 0 Å². The van der Waals surface area contributed by atoms with Gasteiger partial charge >= 0.3 is 5.97 Å². The van der Waals surface area contributed by atoms with Gasteiger partial charge in [-0.25, -0.2) is 0 Å². The van der Waals surface area contributed by atoms with Crippen LogP contribution in [0.15, 0.2) is 24.3 Å². The number of nitrogens with one attached hydrogen (secondary N) is 1. The van der Waals surface area contributed by atoms with Gasteiger partial charge in [-0.3, -0.25) is 9.59 Å². The van der Waals surface area contributed by atoms with Crippen molar-refractivity contribution in [2.75, 3.05) is 6.54 Å². The summed E-state index contributed by atoms with van der Waals surface area (Å²) in [5, 5.41) is 11.8. The maximum atomic E-state index is 12.0. The van der Waals surface area contributed by atoms with E-state index in [1.165, 1.54) is 0 Å². The minimum atomic E-state index is -0.800. The van der Waals surface area contributed by atoms with Gasteiger partial charge in [0.25, 0.3) is 5.91 Å². The molecule has 0 heterocycles. The number of hydrogen-bond acceptors (Lipinski definition) is 3. The minimum absolute atomic E-state index is 0.124. The summed E-state index contributed by atoms with van der Waals surface area (Å²) in [6.45, 7) is 0.875. The summed E-state index contributed by atoms with van der Waals surface area (Å²) in [5.41, 5.74) is 6.81. The molecule has 0 saturated heterocycles. The lowest BCUT2D eigenvalue weighted by atomic mass is 9.66. The molecule has 0 unspecified atom stereocenters. The number of carboxylic acids is 1. The van der Waals surface area contributed by atoms with Gasteiger partial charge in [-0.05, 0) is 36.0 Å². The fourth-order valence-electron chi connectivity index (χ4n) is 2.58. The Kier molecular flexibility index (Phi) is 4.39. The van der Waals surface area contributed by atoms with Crippen molar-refractivity contribution in [3.63, 3.8) is 0 Å². The molecule has 1 amide bonds. The van der Waals surface area contributed by atoms with E-state index in [2.05, 4.69) is 5.32 Å². The van der Waals surface area contributed by atoms with E-state index in [4.69, 9.17) is 10.8 Å². The predicted molar refractivity (Wildman–Crippen MR) is 75.2 cm³/mol. The second-order valence-corrected chi connectivity index (χ2v) is 5.51. The standard InChI is InChI=1S/C15H20N2O3/c16-9-11-2-4-12(5-3-11)14(20)17-10-15(6-1-7-15)8-13(18)19/h2-5H,1,6-10,16H2,(H,17,20)(H,18,19). The van der Waals surface area contributed by atoms with E-state index < -0.39 is 5.97 Å². The third kappa shape index (κ3) is 3.36. The molecule has 5 nitrogen and oxygen atoms in total. The molecule has 1 aliphatic rings. The van der Waals surface area contributed by atoms with Crippen molar-refractivity contribution >= 4 is 11.9 Å². The molecule has 0 bridgehead atoms. The molecule has 2 rings (SSSR count). The van der Waals surface area contributed by atoms with Crippen LogP contribution in [0.4, 0.5) is 0 Å². The molecule has 1 aliphatic carbocycles. The number of aliphatic carboxylic acids is 1. The molecular weight excluding hydrogens is 256 g/mol. The second kappa shape index (κ2) is 6.05. The van der Waals surface area contributed by atoms with Crippen LogP contribution in [0.2, 0.25) is 0 Å². The fraction of sp³-hybridized carbons (Fsp3) is 0.467. The van der Waals surface area contributed by atoms with Crippen LogP contribution in [0, 0.1) is 5.41 Å². The average molecular weight is 276 g/mol. The first-order valence-electron chi connectivity index (χ1n) is 6.84. The minimum Gasteiger partial charge on any atom is -0.481 e. The average Bonchev–Trinajstić information content (AvgIpc) is 2.41. The highest BCUT2D eigenvalue weighted by Gasteiger charge is 2.39. The smallest absolute Gasteiger partial charge is 0.303 e. The Bertz CT molecular complexity index is 492. The maximum Gasteiger partial charge on any atom is 0.303 e. The third-order valence-electron chi connectivity index (χ3n) is 4.02. The lowest BCUT2D eigenvalue weighted by molar-refractivity contribution is -0.141. The number of amides is 1. The predicted octanol–water partition coefficient (Wildman–Crippen LogP) is 1.52. The Morgan fingerprint density at radius 1 is 1.25 bits per heavy atom. The van der Waals surface area contributed by atoms with Crippen molar-refractivity contribution in [3.8, 4) is 0 Å². The van der Waals surface area contributed by atoms with Crippen LogP contribution < -0.4 is 11.1 Å². The molecule has 1 aromatic carbocycles. The lowest BCUT2D eigenvalue weighted by Crippen LogP contribution is -2.43. The number of rotatable bonds is 6. The molecule has 20 heavy (non-hydrogen) atoms. The molecule has 0 spiro atoms. The van der Waals surface area contributed by atoms with Gasteiger partial charge in [-0.1, -0.05) is 18.6 Å². The SMILES string of the molecule is NCc1ccc(C(=O)NCC2(CC(=O)O)CCC2)cc1. The Labute approximate surface area is 118 Å². The van der Waals surface area contributed by atoms with Gasteiger partial charge in [-0.15, -0.1) is 0 Å². The zero-order valence-electron chi connectivity index (χ0n) is 11.4. The Morgan fingerprint density at radius 2 is 1.90 bits per heavy atom. The number of nitrogens with two attached hydrogens (primary N) is 1. The molecule has 1 saturated carbocycles. The van der Waals surface area contributed by atoms with Crippen LogP contribution in [0.1, 0.15) is 41.6 Å². The molecule has 0 aliphatic heterocycles. The van der Waals surface area contributed by atoms with E-state index in [1.54, 1.807) is 12.1 Å². The Balaban J connectivity index is 1.92. The molecule has 108 valence electrons. The van der Waals surface area contributed by atoms with Gasteiger partial charge < -0.3 is 16.2 Å². The first-order chi connectivity index (χ1) is 9.54. The van der Waals surface area contributed by atoms with E-state index in [1.807, 2.05) is 12.1 Å². The summed E-state index contributed by atoms with van der Waals surface area (Å²) in [7, 11) is 0. The van der Waals surface area contributed by atoms with Crippen LogP contribution in [-0.4, -0.2) is 23.5 Å². The van der Waals surface area contributed by atoms with Crippen molar-refractivity contribution in [3.05, 3.63) is 35.4 Å². The molecule has 0 radical (unpaired) electrons. The van der Waals surface area contributed by atoms with E-state index in [-0.39, 0.29) is 17.7 Å². The first-order valence-corrected chi connectivity index (χ1v) is 6.84. The molecule has 1 fully saturated rings. The Hall–Kier alpha value is -1.88. The van der Waals surface area contributed by atoms with Crippen molar-refractivity contribution in [2.24, 2.45) is 11.1 Å². The second-order valence-electron chi connectivity index (χ2n) is 5.51. The number of benzene rings is 1. The summed E-state index contributed by atoms with van der Waals surface area (Å²) in [6.07, 6.45) is 2.89. The van der Waals surface area contributed by atoms with E-state index in [0.29, 0.717) is 18.7 Å². The fourth-order valence-corrected chi connectivity index (χ4v) is 2.58. The van der Waals surface area contributed by atoms with Gasteiger partial charge in [0, 0.05) is 18.7 Å². The quantitative estimate of drug-likeness (QED) is 0.734. The van der Waals surface area contributed by atoms with Crippen LogP contribution in [0.3, 0.4) is 0 Å². The van der Waals surface area contributed by atoms with Crippen LogP contribution in [-0.2, 0) is 11.3 Å². The van der Waals surface area contributed by atoms with Crippen molar-refractivity contribution < 1.29 is 14.7 Å². The number of carbonyl (C=O) groups excluding carboxylic acids is 1. The zero-order valence-corrected chi connectivity index (χ0v) is 11.4. The van der Waals surface area contributed by atoms with Gasteiger partial charge in [0.15, 0.2) is 0 Å². The first kappa shape index (κ1) is 14.5. The van der Waals surface area contributed by atoms with E-state index in [0.717, 1.165) is 24.8 Å². The highest BCUT2D eigenvalue weighted by molar-refractivity contribution is 5.94. The zero-order chi connectivity index (χ0) is 14.6. The van der Waals surface area contributed by atoms with Gasteiger partial charge in [0.05, 0.1) is 6.42 Å². The highest BCUT2D eigenvalue weighted by atomic mass is 16.4. The Morgan fingerprint density at radius 3 is 2.35 bits per heavy atom. The summed E-state index contributed by atoms with van der Waals surface area (Å²) in [6, 6.07) is 7.13. The van der Waals surface area contributed by atoms with Crippen LogP contribution >= 0.6 is 0 Å².